The van der Waals surface area contributed by atoms with E-state index in [1.54, 1.807) is 0 Å². The van der Waals surface area contributed by atoms with E-state index in [2.05, 4.69) is 34.6 Å². The topological polar surface area (TPSA) is 237 Å². The minimum Gasteiger partial charge on any atom is -0.462 e. The fraction of sp³-hybridized carbons (Fsp3) is 0.943. The van der Waals surface area contributed by atoms with Gasteiger partial charge in [-0.1, -0.05) is 311 Å². The van der Waals surface area contributed by atoms with Crippen LogP contribution in [0.3, 0.4) is 0 Å². The minimum absolute atomic E-state index is 0.107. The Kier molecular flexibility index (Phi) is 62.1. The number of phosphoric ester groups is 2. The zero-order valence-corrected chi connectivity index (χ0v) is 59.4. The summed E-state index contributed by atoms with van der Waals surface area (Å²) in [7, 11) is -9.89. The molecular weight excluding hydrogens is 1170 g/mol. The van der Waals surface area contributed by atoms with Crippen molar-refractivity contribution in [2.45, 2.75) is 380 Å². The van der Waals surface area contributed by atoms with Crippen LogP contribution >= 0.6 is 15.6 Å². The van der Waals surface area contributed by atoms with Gasteiger partial charge in [0.2, 0.25) is 0 Å². The van der Waals surface area contributed by atoms with Crippen LogP contribution in [-0.2, 0) is 65.4 Å². The lowest BCUT2D eigenvalue weighted by Gasteiger charge is -2.21. The van der Waals surface area contributed by atoms with Crippen LogP contribution in [0.25, 0.3) is 0 Å². The number of rotatable bonds is 70. The third-order valence-electron chi connectivity index (χ3n) is 16.3. The second kappa shape index (κ2) is 63.5. The molecule has 89 heavy (non-hydrogen) atoms. The van der Waals surface area contributed by atoms with Gasteiger partial charge < -0.3 is 33.8 Å². The Morgan fingerprint density at radius 2 is 0.517 bits per heavy atom. The maximum Gasteiger partial charge on any atom is 0.472 e. The quantitative estimate of drug-likeness (QED) is 0.0222. The molecule has 0 radical (unpaired) electrons. The fourth-order valence-electron chi connectivity index (χ4n) is 10.6. The molecule has 5 atom stereocenters. The summed E-state index contributed by atoms with van der Waals surface area (Å²) in [5.74, 6) is -1.35. The normalized spacial score (nSPS) is 14.1. The summed E-state index contributed by atoms with van der Waals surface area (Å²) >= 11 is 0. The van der Waals surface area contributed by atoms with Gasteiger partial charge in [-0.05, 0) is 31.6 Å². The van der Waals surface area contributed by atoms with Gasteiger partial charge in [0.25, 0.3) is 0 Å². The first-order valence-corrected chi connectivity index (χ1v) is 39.6. The van der Waals surface area contributed by atoms with Gasteiger partial charge in [0, 0.05) is 25.7 Å². The maximum absolute atomic E-state index is 13.0. The lowest BCUT2D eigenvalue weighted by molar-refractivity contribution is -0.161. The van der Waals surface area contributed by atoms with Gasteiger partial charge in [0.1, 0.15) is 19.3 Å². The van der Waals surface area contributed by atoms with Gasteiger partial charge in [0.05, 0.1) is 26.4 Å². The molecule has 19 heteroatoms. The van der Waals surface area contributed by atoms with Crippen LogP contribution < -0.4 is 0 Å². The van der Waals surface area contributed by atoms with E-state index in [0.29, 0.717) is 25.7 Å². The van der Waals surface area contributed by atoms with E-state index in [1.807, 2.05) is 0 Å². The molecule has 0 aliphatic heterocycles. The molecule has 2 unspecified atom stereocenters. The number of phosphoric acid groups is 2. The van der Waals surface area contributed by atoms with Crippen LogP contribution in [0.2, 0.25) is 0 Å². The van der Waals surface area contributed by atoms with E-state index >= 15 is 0 Å². The fourth-order valence-corrected chi connectivity index (χ4v) is 12.2. The molecule has 0 rings (SSSR count). The van der Waals surface area contributed by atoms with Crippen LogP contribution in [0.15, 0.2) is 0 Å². The standard InChI is InChI=1S/C70H136O17P2/c1-6-9-12-15-17-19-21-23-25-27-31-35-39-44-49-54-68(73)81-60-66(87-70(75)56-51-46-41-37-33-29-28-30-34-38-43-47-52-63(4)5)62-85-89(78,79)83-58-64(71)57-82-88(76,77)84-61-65(59-80-67(72)53-48-42-14-11-8-3)86-69(74)55-50-45-40-36-32-26-24-22-20-18-16-13-10-7-2/h63-66,71H,6-62H2,1-5H3,(H,76,77)(H,78,79)/t64-,65+,66+/m0/s1. The average Bonchev–Trinajstić information content (AvgIpc) is 3.67. The summed E-state index contributed by atoms with van der Waals surface area (Å²) < 4.78 is 68.1. The number of ether oxygens (including phenoxy) is 4. The predicted octanol–water partition coefficient (Wildman–Crippen LogP) is 20.1. The minimum atomic E-state index is -4.95. The van der Waals surface area contributed by atoms with Gasteiger partial charge in [0.15, 0.2) is 12.2 Å². The summed E-state index contributed by atoms with van der Waals surface area (Å²) in [6, 6.07) is 0. The van der Waals surface area contributed by atoms with Crippen molar-refractivity contribution in [3.63, 3.8) is 0 Å². The van der Waals surface area contributed by atoms with Crippen LogP contribution in [-0.4, -0.2) is 96.7 Å². The van der Waals surface area contributed by atoms with E-state index in [-0.39, 0.29) is 25.7 Å². The Balaban J connectivity index is 5.16. The number of carbonyl (C=O) groups is 4. The van der Waals surface area contributed by atoms with Crippen LogP contribution in [0.1, 0.15) is 362 Å². The van der Waals surface area contributed by atoms with Gasteiger partial charge in [-0.3, -0.25) is 37.3 Å². The third-order valence-corrected chi connectivity index (χ3v) is 18.2. The van der Waals surface area contributed by atoms with Crippen LogP contribution in [0.4, 0.5) is 0 Å². The summed E-state index contributed by atoms with van der Waals surface area (Å²) in [6.45, 7) is 7.18. The Bertz CT molecular complexity index is 1720. The molecule has 0 saturated carbocycles. The Morgan fingerprint density at radius 1 is 0.303 bits per heavy atom. The summed E-state index contributed by atoms with van der Waals surface area (Å²) in [5.41, 5.74) is 0. The van der Waals surface area contributed by atoms with Gasteiger partial charge in [-0.25, -0.2) is 9.13 Å². The second-order valence-electron chi connectivity index (χ2n) is 25.7. The zero-order chi connectivity index (χ0) is 65.6. The lowest BCUT2D eigenvalue weighted by atomic mass is 10.0. The van der Waals surface area contributed by atoms with E-state index in [4.69, 9.17) is 37.0 Å². The SMILES string of the molecule is CCCCCCCCCCCCCCCCCC(=O)OC[C@H](COP(=O)(O)OC[C@@H](O)COP(=O)(O)OC[C@@H](COC(=O)CCCCCCC)OC(=O)CCCCCCCCCCCCCCCC)OC(=O)CCCCCCCCCCCCCCC(C)C. The molecule has 0 aromatic carbocycles. The molecule has 0 saturated heterocycles. The monoisotopic (exact) mass is 1310 g/mol. The van der Waals surface area contributed by atoms with E-state index in [0.717, 1.165) is 102 Å². The molecule has 528 valence electrons. The van der Waals surface area contributed by atoms with Crippen molar-refractivity contribution in [3.05, 3.63) is 0 Å². The van der Waals surface area contributed by atoms with Crippen molar-refractivity contribution in [2.75, 3.05) is 39.6 Å². The highest BCUT2D eigenvalue weighted by Crippen LogP contribution is 2.45. The van der Waals surface area contributed by atoms with Crippen molar-refractivity contribution in [3.8, 4) is 0 Å². The third kappa shape index (κ3) is 64.6. The van der Waals surface area contributed by atoms with Gasteiger partial charge in [-0.2, -0.15) is 0 Å². The molecule has 17 nitrogen and oxygen atoms in total. The zero-order valence-electron chi connectivity index (χ0n) is 57.6. The van der Waals surface area contributed by atoms with E-state index in [1.165, 1.54) is 180 Å². The Morgan fingerprint density at radius 3 is 0.764 bits per heavy atom. The first-order valence-electron chi connectivity index (χ1n) is 36.6. The highest BCUT2D eigenvalue weighted by Gasteiger charge is 2.30. The number of unbranched alkanes of at least 4 members (excludes halogenated alkanes) is 42. The summed E-state index contributed by atoms with van der Waals surface area (Å²) in [6.07, 6.45) is 50.2. The first kappa shape index (κ1) is 87.1. The number of hydrogen-bond acceptors (Lipinski definition) is 15. The number of carbonyl (C=O) groups excluding carboxylic acids is 4. The predicted molar refractivity (Wildman–Crippen MR) is 358 cm³/mol. The highest BCUT2D eigenvalue weighted by molar-refractivity contribution is 7.47. The second-order valence-corrected chi connectivity index (χ2v) is 28.7. The van der Waals surface area contributed by atoms with Gasteiger partial charge >= 0.3 is 39.5 Å². The Hall–Kier alpha value is -1.94. The molecule has 0 fully saturated rings. The van der Waals surface area contributed by atoms with Crippen molar-refractivity contribution in [1.29, 1.82) is 0 Å². The summed E-state index contributed by atoms with van der Waals surface area (Å²) in [5, 5.41) is 10.6. The molecule has 0 bridgehead atoms. The van der Waals surface area contributed by atoms with E-state index < -0.39 is 97.5 Å². The Labute approximate surface area is 543 Å². The number of aliphatic hydroxyl groups is 1. The molecule has 0 aliphatic rings. The van der Waals surface area contributed by atoms with Crippen LogP contribution in [0.5, 0.6) is 0 Å². The molecule has 0 amide bonds. The van der Waals surface area contributed by atoms with Crippen molar-refractivity contribution in [1.82, 2.24) is 0 Å². The number of esters is 4. The molecule has 0 aromatic rings. The largest absolute Gasteiger partial charge is 0.472 e. The number of aliphatic hydroxyl groups excluding tert-OH is 1. The molecule has 0 aromatic heterocycles. The molecule has 0 spiro atoms. The maximum atomic E-state index is 13.0. The highest BCUT2D eigenvalue weighted by atomic mass is 31.2. The lowest BCUT2D eigenvalue weighted by Crippen LogP contribution is -2.30. The average molecular weight is 1310 g/mol. The molecule has 3 N–H and O–H groups in total. The van der Waals surface area contributed by atoms with Crippen molar-refractivity contribution in [2.24, 2.45) is 5.92 Å². The summed E-state index contributed by atoms with van der Waals surface area (Å²) in [4.78, 5) is 72.3. The van der Waals surface area contributed by atoms with Crippen molar-refractivity contribution >= 4 is 39.5 Å². The molecular formula is C70H136O17P2. The first-order chi connectivity index (χ1) is 43.0. The van der Waals surface area contributed by atoms with Crippen molar-refractivity contribution < 1.29 is 80.2 Å². The smallest absolute Gasteiger partial charge is 0.462 e. The molecule has 0 aliphatic carbocycles. The molecule has 0 heterocycles. The number of hydrogen-bond donors (Lipinski definition) is 3. The van der Waals surface area contributed by atoms with Gasteiger partial charge in [-0.15, -0.1) is 0 Å². The van der Waals surface area contributed by atoms with Crippen LogP contribution in [0, 0.1) is 5.92 Å². The van der Waals surface area contributed by atoms with E-state index in [9.17, 15) is 43.2 Å².